The van der Waals surface area contributed by atoms with E-state index in [-0.39, 0.29) is 11.5 Å². The Bertz CT molecular complexity index is 635. The van der Waals surface area contributed by atoms with Crippen LogP contribution < -0.4 is 0 Å². The smallest absolute Gasteiger partial charge is 0.378 e. The van der Waals surface area contributed by atoms with Gasteiger partial charge in [-0.25, -0.2) is 4.79 Å². The van der Waals surface area contributed by atoms with Crippen molar-refractivity contribution in [1.82, 2.24) is 0 Å². The Balaban J connectivity index is 2.11. The van der Waals surface area contributed by atoms with Crippen LogP contribution in [0.15, 0.2) is 72.5 Å². The molecule has 1 N–H and O–H groups in total. The number of ether oxygens (including phenoxy) is 2. The van der Waals surface area contributed by atoms with E-state index < -0.39 is 12.1 Å². The molecule has 29 heavy (non-hydrogen) atoms. The first-order valence-electron chi connectivity index (χ1n) is 10.7. The summed E-state index contributed by atoms with van der Waals surface area (Å²) in [6.45, 7) is 3.99. The van der Waals surface area contributed by atoms with Gasteiger partial charge in [-0.15, -0.1) is 0 Å². The van der Waals surface area contributed by atoms with E-state index >= 15 is 0 Å². The lowest BCUT2D eigenvalue weighted by Crippen LogP contribution is -2.10. The summed E-state index contributed by atoms with van der Waals surface area (Å²) in [6.07, 6.45) is 28.8. The molecule has 0 saturated carbocycles. The Morgan fingerprint density at radius 3 is 2.10 bits per heavy atom. The second-order valence-corrected chi connectivity index (χ2v) is 6.86. The Kier molecular flexibility index (Phi) is 13.9. The van der Waals surface area contributed by atoms with Crippen molar-refractivity contribution in [2.45, 2.75) is 77.7 Å². The Morgan fingerprint density at radius 2 is 1.52 bits per heavy atom. The summed E-state index contributed by atoms with van der Waals surface area (Å²) in [5.74, 6) is -0.846. The Morgan fingerprint density at radius 1 is 0.931 bits per heavy atom. The maximum atomic E-state index is 11.6. The molecule has 1 atom stereocenters. The summed E-state index contributed by atoms with van der Waals surface area (Å²) in [5.41, 5.74) is 0. The highest BCUT2D eigenvalue weighted by molar-refractivity contribution is 5.89. The fourth-order valence-corrected chi connectivity index (χ4v) is 2.74. The normalized spacial score (nSPS) is 17.9. The molecule has 0 bridgehead atoms. The number of hydrogen-bond acceptors (Lipinski definition) is 4. The number of esters is 1. The van der Waals surface area contributed by atoms with Gasteiger partial charge in [0.25, 0.3) is 5.76 Å². The number of cyclic esters (lactones) is 1. The molecule has 4 heteroatoms. The van der Waals surface area contributed by atoms with Gasteiger partial charge >= 0.3 is 5.97 Å². The van der Waals surface area contributed by atoms with Crippen LogP contribution in [0.4, 0.5) is 0 Å². The number of aliphatic hydroxyl groups is 1. The van der Waals surface area contributed by atoms with Gasteiger partial charge in [-0.1, -0.05) is 74.4 Å². The summed E-state index contributed by atoms with van der Waals surface area (Å²) in [4.78, 5) is 11.6. The molecular formula is C25H36O4. The van der Waals surface area contributed by atoms with E-state index in [2.05, 4.69) is 49.5 Å². The molecule has 1 heterocycles. The van der Waals surface area contributed by atoms with Crippen molar-refractivity contribution < 1.29 is 19.4 Å². The lowest BCUT2D eigenvalue weighted by molar-refractivity contribution is -0.142. The number of hydrogen-bond donors (Lipinski definition) is 1. The van der Waals surface area contributed by atoms with E-state index in [4.69, 9.17) is 9.47 Å². The molecule has 0 aliphatic carbocycles. The first kappa shape index (κ1) is 24.5. The zero-order valence-electron chi connectivity index (χ0n) is 17.9. The molecular weight excluding hydrogens is 364 g/mol. The highest BCUT2D eigenvalue weighted by Crippen LogP contribution is 2.25. The molecule has 0 radical (unpaired) electrons. The number of rotatable bonds is 15. The maximum Gasteiger partial charge on any atom is 0.378 e. The third-order valence-corrected chi connectivity index (χ3v) is 4.35. The fraction of sp³-hybridized carbons (Fsp3) is 0.480. The standard InChI is InChI=1S/C25H36O4/c1-3-5-6-7-8-9-10-11-12-13-14-15-16-17-18-19-20-22-23(26)24(25(27)29-22)28-21-4-2/h4,8-9,11-12,14-15,17-18,21-22,26H,3,5-7,10,13,16,19-20H2,1-2H3/b9-8-,12-11-,15-14-,18-17-,21-4+/t22-/m1/s1. The number of unbranched alkanes of at least 4 members (excludes halogenated alkanes) is 3. The first-order chi connectivity index (χ1) is 14.2. The largest absolute Gasteiger partial charge is 0.505 e. The first-order valence-corrected chi connectivity index (χ1v) is 10.7. The van der Waals surface area contributed by atoms with Gasteiger partial charge < -0.3 is 14.6 Å². The molecule has 1 aliphatic heterocycles. The highest BCUT2D eigenvalue weighted by Gasteiger charge is 2.35. The monoisotopic (exact) mass is 400 g/mol. The minimum Gasteiger partial charge on any atom is -0.505 e. The molecule has 4 nitrogen and oxygen atoms in total. The molecule has 0 aromatic heterocycles. The van der Waals surface area contributed by atoms with Gasteiger partial charge in [0, 0.05) is 0 Å². The average molecular weight is 401 g/mol. The number of carbonyl (C=O) groups excluding carboxylic acids is 1. The molecule has 0 fully saturated rings. The topological polar surface area (TPSA) is 55.8 Å². The van der Waals surface area contributed by atoms with Crippen LogP contribution >= 0.6 is 0 Å². The molecule has 1 aliphatic rings. The number of allylic oxidation sites excluding steroid dienone is 9. The summed E-state index contributed by atoms with van der Waals surface area (Å²) < 4.78 is 10.2. The second kappa shape index (κ2) is 16.5. The van der Waals surface area contributed by atoms with Crippen molar-refractivity contribution in [3.8, 4) is 0 Å². The van der Waals surface area contributed by atoms with Gasteiger partial charge in [0.2, 0.25) is 0 Å². The van der Waals surface area contributed by atoms with Crippen LogP contribution in [0.3, 0.4) is 0 Å². The molecule has 1 rings (SSSR count). The predicted molar refractivity (Wildman–Crippen MR) is 119 cm³/mol. The highest BCUT2D eigenvalue weighted by atomic mass is 16.6. The van der Waals surface area contributed by atoms with Gasteiger partial charge in [-0.3, -0.25) is 0 Å². The van der Waals surface area contributed by atoms with Crippen molar-refractivity contribution >= 4 is 5.97 Å². The van der Waals surface area contributed by atoms with E-state index in [1.807, 2.05) is 6.08 Å². The number of aliphatic hydroxyl groups excluding tert-OH is 1. The van der Waals surface area contributed by atoms with E-state index in [0.717, 1.165) is 25.7 Å². The minimum atomic E-state index is -0.617. The molecule has 0 aromatic rings. The van der Waals surface area contributed by atoms with Gasteiger partial charge in [0.1, 0.15) is 0 Å². The third-order valence-electron chi connectivity index (χ3n) is 4.35. The van der Waals surface area contributed by atoms with E-state index in [1.54, 1.807) is 13.0 Å². The Hall–Kier alpha value is -2.49. The zero-order valence-corrected chi connectivity index (χ0v) is 17.9. The van der Waals surface area contributed by atoms with E-state index in [9.17, 15) is 9.90 Å². The average Bonchev–Trinajstić information content (AvgIpc) is 2.99. The summed E-state index contributed by atoms with van der Waals surface area (Å²) in [7, 11) is 0. The minimum absolute atomic E-state index is 0.111. The molecule has 0 amide bonds. The van der Waals surface area contributed by atoms with Crippen LogP contribution in [0.25, 0.3) is 0 Å². The SMILES string of the molecule is C/C=C/OC1=C(O)[C@@H](CC/C=C\C/C=C\C/C=C\C/C=C\CCCCC)OC1=O. The van der Waals surface area contributed by atoms with E-state index in [1.165, 1.54) is 31.9 Å². The molecule has 160 valence electrons. The van der Waals surface area contributed by atoms with Gasteiger partial charge in [0.05, 0.1) is 6.26 Å². The van der Waals surface area contributed by atoms with Crippen molar-refractivity contribution in [2.24, 2.45) is 0 Å². The molecule has 0 spiro atoms. The van der Waals surface area contributed by atoms with Crippen LogP contribution in [-0.4, -0.2) is 17.2 Å². The fourth-order valence-electron chi connectivity index (χ4n) is 2.74. The van der Waals surface area contributed by atoms with Crippen LogP contribution in [0.1, 0.15) is 71.6 Å². The second-order valence-electron chi connectivity index (χ2n) is 6.86. The van der Waals surface area contributed by atoms with Crippen LogP contribution in [0.2, 0.25) is 0 Å². The lowest BCUT2D eigenvalue weighted by Gasteiger charge is -2.07. The van der Waals surface area contributed by atoms with Crippen molar-refractivity contribution in [1.29, 1.82) is 0 Å². The number of carbonyl (C=O) groups is 1. The van der Waals surface area contributed by atoms with Crippen molar-refractivity contribution in [2.75, 3.05) is 0 Å². The summed E-state index contributed by atoms with van der Waals surface area (Å²) in [5, 5.41) is 10.0. The van der Waals surface area contributed by atoms with Crippen LogP contribution in [0.5, 0.6) is 0 Å². The van der Waals surface area contributed by atoms with Gasteiger partial charge in [0.15, 0.2) is 11.9 Å². The molecule has 0 aromatic carbocycles. The molecule has 0 saturated heterocycles. The van der Waals surface area contributed by atoms with Crippen molar-refractivity contribution in [3.05, 3.63) is 72.5 Å². The predicted octanol–water partition coefficient (Wildman–Crippen LogP) is 6.99. The molecule has 0 unspecified atom stereocenters. The lowest BCUT2D eigenvalue weighted by atomic mass is 10.1. The van der Waals surface area contributed by atoms with Crippen molar-refractivity contribution in [3.63, 3.8) is 0 Å². The maximum absolute atomic E-state index is 11.6. The van der Waals surface area contributed by atoms with Crippen LogP contribution in [0, 0.1) is 0 Å². The quantitative estimate of drug-likeness (QED) is 0.139. The third kappa shape index (κ3) is 11.2. The summed E-state index contributed by atoms with van der Waals surface area (Å²) in [6, 6.07) is 0. The van der Waals surface area contributed by atoms with Gasteiger partial charge in [-0.2, -0.15) is 0 Å². The van der Waals surface area contributed by atoms with E-state index in [0.29, 0.717) is 6.42 Å². The van der Waals surface area contributed by atoms with Crippen LogP contribution in [-0.2, 0) is 14.3 Å². The zero-order chi connectivity index (χ0) is 21.2. The van der Waals surface area contributed by atoms with Gasteiger partial charge in [-0.05, 0) is 51.9 Å². The summed E-state index contributed by atoms with van der Waals surface area (Å²) >= 11 is 0. The Labute approximate surface area is 176 Å².